The fraction of sp³-hybridized carbons (Fsp3) is 0.944. The van der Waals surface area contributed by atoms with Crippen LogP contribution in [0.25, 0.3) is 0 Å². The zero-order valence-corrected chi connectivity index (χ0v) is 20.6. The predicted molar refractivity (Wildman–Crippen MR) is 118 cm³/mol. The van der Waals surface area contributed by atoms with E-state index >= 15 is 0 Å². The number of amides is 1. The number of phosphoric acid groups is 1. The molecule has 31 heavy (non-hydrogen) atoms. The van der Waals surface area contributed by atoms with Crippen molar-refractivity contribution in [1.82, 2.24) is 10.2 Å². The first-order valence-electron chi connectivity index (χ1n) is 10.3. The molecule has 0 aromatic rings. The van der Waals surface area contributed by atoms with E-state index in [4.69, 9.17) is 26.1 Å². The molecular formula is C18H34ClN2O8PS. The number of likely N-dealkylation sites (tertiary alicyclic amines) is 1. The van der Waals surface area contributed by atoms with Crippen molar-refractivity contribution in [2.75, 3.05) is 19.8 Å². The number of carbonyl (C=O) groups is 1. The summed E-state index contributed by atoms with van der Waals surface area (Å²) < 4.78 is 21.7. The highest BCUT2D eigenvalue weighted by Crippen LogP contribution is 2.43. The first kappa shape index (κ1) is 27.3. The van der Waals surface area contributed by atoms with E-state index in [0.717, 1.165) is 37.6 Å². The Kier molecular flexibility index (Phi) is 10.1. The zero-order valence-electron chi connectivity index (χ0n) is 18.1. The fourth-order valence-electron chi connectivity index (χ4n) is 4.37. The number of likely N-dealkylation sites (N-methyl/N-ethyl adjacent to an activating group) is 1. The van der Waals surface area contributed by atoms with E-state index in [1.807, 2.05) is 11.9 Å². The monoisotopic (exact) mass is 504 g/mol. The number of nitrogens with one attached hydrogen (secondary N) is 1. The lowest BCUT2D eigenvalue weighted by Gasteiger charge is -2.45. The Balaban J connectivity index is 2.15. The molecular weight excluding hydrogens is 471 g/mol. The average Bonchev–Trinajstić information content (AvgIpc) is 3.03. The molecule has 182 valence electrons. The first-order valence-corrected chi connectivity index (χ1v) is 13.6. The molecule has 0 aromatic carbocycles. The van der Waals surface area contributed by atoms with Crippen LogP contribution in [0.1, 0.15) is 33.1 Å². The van der Waals surface area contributed by atoms with E-state index < -0.39 is 49.1 Å². The van der Waals surface area contributed by atoms with E-state index in [0.29, 0.717) is 5.92 Å². The summed E-state index contributed by atoms with van der Waals surface area (Å²) in [4.78, 5) is 33.3. The van der Waals surface area contributed by atoms with Gasteiger partial charge in [-0.2, -0.15) is 0 Å². The summed E-state index contributed by atoms with van der Waals surface area (Å²) in [5.74, 6) is 0.195. The molecule has 0 spiro atoms. The van der Waals surface area contributed by atoms with Gasteiger partial charge in [0.2, 0.25) is 5.91 Å². The number of aliphatic hydroxyl groups is 2. The molecule has 2 heterocycles. The molecule has 2 saturated heterocycles. The third-order valence-electron chi connectivity index (χ3n) is 5.87. The third-order valence-corrected chi connectivity index (χ3v) is 7.50. The maximum absolute atomic E-state index is 13.0. The van der Waals surface area contributed by atoms with Gasteiger partial charge in [0.25, 0.3) is 0 Å². The van der Waals surface area contributed by atoms with Crippen molar-refractivity contribution in [1.29, 1.82) is 0 Å². The molecule has 1 amide bonds. The number of halogens is 1. The van der Waals surface area contributed by atoms with Crippen molar-refractivity contribution >= 4 is 37.1 Å². The van der Waals surface area contributed by atoms with E-state index in [2.05, 4.69) is 16.8 Å². The smallest absolute Gasteiger partial charge is 0.388 e. The van der Waals surface area contributed by atoms with Crippen molar-refractivity contribution in [2.24, 2.45) is 5.92 Å². The lowest BCUT2D eigenvalue weighted by Crippen LogP contribution is -2.65. The van der Waals surface area contributed by atoms with Crippen LogP contribution in [0.5, 0.6) is 0 Å². The van der Waals surface area contributed by atoms with Crippen LogP contribution < -0.4 is 5.32 Å². The molecule has 2 rings (SSSR count). The highest BCUT2D eigenvalue weighted by Gasteiger charge is 2.51. The molecule has 13 heteroatoms. The Morgan fingerprint density at radius 2 is 2.03 bits per heavy atom. The minimum Gasteiger partial charge on any atom is -0.388 e. The summed E-state index contributed by atoms with van der Waals surface area (Å²) in [5.41, 5.74) is -0.992. The third kappa shape index (κ3) is 7.02. The molecule has 0 saturated carbocycles. The number of phosphoric ester groups is 1. The van der Waals surface area contributed by atoms with Gasteiger partial charge < -0.3 is 30.1 Å². The van der Waals surface area contributed by atoms with Crippen LogP contribution in [0.15, 0.2) is 0 Å². The van der Waals surface area contributed by atoms with Crippen molar-refractivity contribution < 1.29 is 38.6 Å². The molecule has 0 radical (unpaired) electrons. The predicted octanol–water partition coefficient (Wildman–Crippen LogP) is 0.506. The van der Waals surface area contributed by atoms with E-state index in [-0.39, 0.29) is 11.9 Å². The number of nitrogens with zero attached hydrogens (tertiary/aromatic N) is 1. The van der Waals surface area contributed by atoms with Crippen LogP contribution in [0, 0.1) is 5.92 Å². The Bertz CT molecular complexity index is 654. The highest BCUT2D eigenvalue weighted by atomic mass is 35.5. The van der Waals surface area contributed by atoms with Crippen molar-refractivity contribution in [3.8, 4) is 0 Å². The largest absolute Gasteiger partial charge is 0.470 e. The molecule has 2 aliphatic rings. The second kappa shape index (κ2) is 11.5. The molecule has 2 fully saturated rings. The fourth-order valence-corrected chi connectivity index (χ4v) is 5.93. The van der Waals surface area contributed by atoms with E-state index in [9.17, 15) is 19.6 Å². The van der Waals surface area contributed by atoms with Gasteiger partial charge in [0.15, 0.2) is 0 Å². The van der Waals surface area contributed by atoms with Crippen molar-refractivity contribution in [2.45, 2.75) is 80.4 Å². The van der Waals surface area contributed by atoms with Gasteiger partial charge in [-0.25, -0.2) is 4.57 Å². The van der Waals surface area contributed by atoms with Crippen LogP contribution >= 0.6 is 31.2 Å². The van der Waals surface area contributed by atoms with Crippen molar-refractivity contribution in [3.63, 3.8) is 0 Å². The van der Waals surface area contributed by atoms with E-state index in [1.165, 1.54) is 0 Å². The summed E-state index contributed by atoms with van der Waals surface area (Å²) in [6.45, 7) is 4.57. The summed E-state index contributed by atoms with van der Waals surface area (Å²) in [6.07, 6.45) is -1.37. The number of thioether (sulfide) groups is 1. The van der Waals surface area contributed by atoms with Gasteiger partial charge in [0.1, 0.15) is 29.9 Å². The van der Waals surface area contributed by atoms with Crippen LogP contribution in [0.4, 0.5) is 0 Å². The second-order valence-electron chi connectivity index (χ2n) is 8.30. The summed E-state index contributed by atoms with van der Waals surface area (Å²) in [7, 11) is -3.04. The standard InChI is InChI=1S/C18H34ClN2O8PS/c1-5-6-10-7-11(21(3)8-10)17(24)20-12(9(2)19)15-13(22)14(23)16(18(28-15)31-4)29-30(25,26)27/h9-16,18,22-23H,5-8H2,1-4H3,(H,20,24)(H2,25,26,27)/t9-,10-,11+,12+,13+,14-,15+,16+,18+/m0/s1. The molecule has 0 unspecified atom stereocenters. The molecule has 2 aliphatic heterocycles. The van der Waals surface area contributed by atoms with E-state index in [1.54, 1.807) is 13.2 Å². The second-order valence-corrected chi connectivity index (χ2v) is 11.1. The van der Waals surface area contributed by atoms with Gasteiger partial charge in [-0.15, -0.1) is 23.4 Å². The summed E-state index contributed by atoms with van der Waals surface area (Å²) in [6, 6.07) is -1.18. The van der Waals surface area contributed by atoms with Gasteiger partial charge in [-0.1, -0.05) is 13.3 Å². The Hall–Kier alpha value is 0.0600. The van der Waals surface area contributed by atoms with Gasteiger partial charge in [0, 0.05) is 6.54 Å². The molecule has 5 N–H and O–H groups in total. The van der Waals surface area contributed by atoms with Crippen LogP contribution in [-0.2, 0) is 18.6 Å². The quantitative estimate of drug-likeness (QED) is 0.222. The molecule has 0 aliphatic carbocycles. The highest BCUT2D eigenvalue weighted by molar-refractivity contribution is 7.99. The van der Waals surface area contributed by atoms with Gasteiger partial charge in [0.05, 0.1) is 17.5 Å². The van der Waals surface area contributed by atoms with Crippen molar-refractivity contribution in [3.05, 3.63) is 0 Å². The molecule has 0 aromatic heterocycles. The maximum Gasteiger partial charge on any atom is 0.470 e. The normalized spacial score (nSPS) is 36.9. The van der Waals surface area contributed by atoms with Gasteiger partial charge in [-0.05, 0) is 39.0 Å². The Morgan fingerprint density at radius 1 is 1.39 bits per heavy atom. The molecule has 10 nitrogen and oxygen atoms in total. The lowest BCUT2D eigenvalue weighted by molar-refractivity contribution is -0.201. The SMILES string of the molecule is CCC[C@H]1C[C@H](C(=O)N[C@@H]([C@H]2O[C@H](SC)[C@H](OP(=O)(O)O)[C@@H](O)[C@H]2O)[C@H](C)Cl)N(C)C1. The minimum absolute atomic E-state index is 0.238. The average molecular weight is 505 g/mol. The minimum atomic E-state index is -4.93. The van der Waals surface area contributed by atoms with Gasteiger partial charge in [-0.3, -0.25) is 14.2 Å². The first-order chi connectivity index (χ1) is 14.4. The Labute approximate surface area is 192 Å². The molecule has 0 bridgehead atoms. The number of aliphatic hydroxyl groups excluding tert-OH is 2. The van der Waals surface area contributed by atoms with Gasteiger partial charge >= 0.3 is 7.82 Å². The molecule has 9 atom stereocenters. The van der Waals surface area contributed by atoms with Crippen LogP contribution in [-0.4, -0.2) is 98.0 Å². The number of hydrogen-bond acceptors (Lipinski definition) is 8. The summed E-state index contributed by atoms with van der Waals surface area (Å²) >= 11 is 7.38. The number of alkyl halides is 1. The number of rotatable bonds is 9. The lowest BCUT2D eigenvalue weighted by atomic mass is 9.92. The number of hydrogen-bond donors (Lipinski definition) is 5. The number of carbonyl (C=O) groups excluding carboxylic acids is 1. The summed E-state index contributed by atoms with van der Waals surface area (Å²) in [5, 5.41) is 23.4. The number of ether oxygens (including phenoxy) is 1. The van der Waals surface area contributed by atoms with Crippen LogP contribution in [0.2, 0.25) is 0 Å². The zero-order chi connectivity index (χ0) is 23.5. The topological polar surface area (TPSA) is 149 Å². The van der Waals surface area contributed by atoms with Crippen LogP contribution in [0.3, 0.4) is 0 Å². The Morgan fingerprint density at radius 3 is 2.55 bits per heavy atom. The maximum atomic E-state index is 13.0.